The average molecular weight is 252 g/mol. The van der Waals surface area contributed by atoms with Crippen LogP contribution in [0.3, 0.4) is 0 Å². The molecule has 1 fully saturated rings. The Balaban J connectivity index is 1.47. The zero-order valence-electron chi connectivity index (χ0n) is 10.9. The highest BCUT2D eigenvalue weighted by Gasteiger charge is 2.13. The molecule has 0 atom stereocenters. The smallest absolute Gasteiger partial charge is 0.0797 e. The van der Waals surface area contributed by atoms with Crippen molar-refractivity contribution in [3.63, 3.8) is 0 Å². The third-order valence-electron chi connectivity index (χ3n) is 3.81. The van der Waals surface area contributed by atoms with Crippen molar-refractivity contribution in [2.24, 2.45) is 5.92 Å². The van der Waals surface area contributed by atoms with Gasteiger partial charge >= 0.3 is 0 Å². The molecular weight excluding hydrogens is 228 g/mol. The van der Waals surface area contributed by atoms with Crippen LogP contribution >= 0.6 is 11.3 Å². The van der Waals surface area contributed by atoms with E-state index in [0.29, 0.717) is 0 Å². The van der Waals surface area contributed by atoms with Gasteiger partial charge in [-0.1, -0.05) is 25.7 Å². The lowest BCUT2D eigenvalue weighted by Gasteiger charge is -2.08. The van der Waals surface area contributed by atoms with Gasteiger partial charge in [-0.05, 0) is 38.6 Å². The fraction of sp³-hybridized carbons (Fsp3) is 0.786. The van der Waals surface area contributed by atoms with Crippen LogP contribution in [-0.2, 0) is 6.42 Å². The number of thiazole rings is 1. The van der Waals surface area contributed by atoms with Crippen molar-refractivity contribution >= 4 is 11.3 Å². The summed E-state index contributed by atoms with van der Waals surface area (Å²) in [6, 6.07) is 0. The summed E-state index contributed by atoms with van der Waals surface area (Å²) in [5.74, 6) is 1.04. The van der Waals surface area contributed by atoms with E-state index in [9.17, 15) is 0 Å². The summed E-state index contributed by atoms with van der Waals surface area (Å²) in [7, 11) is 0. The molecule has 1 saturated carbocycles. The molecule has 0 spiro atoms. The van der Waals surface area contributed by atoms with E-state index in [1.165, 1.54) is 55.6 Å². The summed E-state index contributed by atoms with van der Waals surface area (Å²) >= 11 is 1.78. The molecule has 1 aliphatic rings. The molecule has 1 aliphatic carbocycles. The van der Waals surface area contributed by atoms with E-state index >= 15 is 0 Å². The second-order valence-corrected chi connectivity index (χ2v) is 6.09. The zero-order valence-corrected chi connectivity index (χ0v) is 11.7. The minimum atomic E-state index is 1.04. The molecule has 2 rings (SSSR count). The summed E-state index contributed by atoms with van der Waals surface area (Å²) in [5, 5.41) is 3.55. The van der Waals surface area contributed by atoms with Gasteiger partial charge in [0.2, 0.25) is 0 Å². The first-order valence-corrected chi connectivity index (χ1v) is 7.84. The molecule has 3 heteroatoms. The van der Waals surface area contributed by atoms with Gasteiger partial charge in [-0.15, -0.1) is 11.3 Å². The highest BCUT2D eigenvalue weighted by atomic mass is 32.1. The van der Waals surface area contributed by atoms with Crippen LogP contribution in [0.25, 0.3) is 0 Å². The summed E-state index contributed by atoms with van der Waals surface area (Å²) in [6.07, 6.45) is 9.85. The topological polar surface area (TPSA) is 24.9 Å². The molecule has 0 saturated heterocycles. The van der Waals surface area contributed by atoms with Gasteiger partial charge in [-0.2, -0.15) is 0 Å². The maximum Gasteiger partial charge on any atom is 0.0797 e. The number of nitrogens with one attached hydrogen (secondary N) is 1. The van der Waals surface area contributed by atoms with E-state index in [2.05, 4.69) is 17.2 Å². The third kappa shape index (κ3) is 4.40. The van der Waals surface area contributed by atoms with Crippen molar-refractivity contribution < 1.29 is 0 Å². The van der Waals surface area contributed by atoms with Gasteiger partial charge in [0, 0.05) is 11.4 Å². The Morgan fingerprint density at radius 3 is 2.88 bits per heavy atom. The Kier molecular flexibility index (Phi) is 5.46. The maximum atomic E-state index is 4.27. The van der Waals surface area contributed by atoms with Crippen molar-refractivity contribution in [3.8, 4) is 0 Å². The van der Waals surface area contributed by atoms with Crippen molar-refractivity contribution in [1.29, 1.82) is 0 Å². The summed E-state index contributed by atoms with van der Waals surface area (Å²) in [4.78, 5) is 5.71. The van der Waals surface area contributed by atoms with Crippen molar-refractivity contribution in [2.75, 3.05) is 13.1 Å². The Labute approximate surface area is 109 Å². The second-order valence-electron chi connectivity index (χ2n) is 5.15. The fourth-order valence-electron chi connectivity index (χ4n) is 2.71. The molecule has 0 unspecified atom stereocenters. The van der Waals surface area contributed by atoms with Crippen LogP contribution in [0.5, 0.6) is 0 Å². The first kappa shape index (κ1) is 13.0. The third-order valence-corrected chi connectivity index (χ3v) is 4.81. The van der Waals surface area contributed by atoms with Gasteiger partial charge in [0.25, 0.3) is 0 Å². The van der Waals surface area contributed by atoms with Crippen LogP contribution in [0.2, 0.25) is 0 Å². The van der Waals surface area contributed by atoms with E-state index in [0.717, 1.165) is 18.9 Å². The number of nitrogens with zero attached hydrogens (tertiary/aromatic N) is 1. The number of hydrogen-bond acceptors (Lipinski definition) is 3. The SMILES string of the molecule is Cc1ncsc1CCNCCCC1CCCC1. The molecule has 1 heterocycles. The normalized spacial score (nSPS) is 16.8. The van der Waals surface area contributed by atoms with Crippen LogP contribution in [0.15, 0.2) is 5.51 Å². The molecule has 2 nitrogen and oxygen atoms in total. The lowest BCUT2D eigenvalue weighted by Crippen LogP contribution is -2.19. The first-order chi connectivity index (χ1) is 8.36. The lowest BCUT2D eigenvalue weighted by atomic mass is 10.0. The van der Waals surface area contributed by atoms with Crippen LogP contribution in [-0.4, -0.2) is 18.1 Å². The van der Waals surface area contributed by atoms with Gasteiger partial charge in [-0.25, -0.2) is 4.98 Å². The Bertz CT molecular complexity index is 316. The van der Waals surface area contributed by atoms with E-state index in [4.69, 9.17) is 0 Å². The second kappa shape index (κ2) is 7.12. The van der Waals surface area contributed by atoms with E-state index in [1.807, 2.05) is 5.51 Å². The predicted molar refractivity (Wildman–Crippen MR) is 74.6 cm³/mol. The molecule has 0 amide bonds. The maximum absolute atomic E-state index is 4.27. The summed E-state index contributed by atoms with van der Waals surface area (Å²) in [5.41, 5.74) is 3.16. The molecule has 17 heavy (non-hydrogen) atoms. The molecule has 96 valence electrons. The molecule has 0 bridgehead atoms. The average Bonchev–Trinajstić information content (AvgIpc) is 2.95. The van der Waals surface area contributed by atoms with Crippen molar-refractivity contribution in [2.45, 2.75) is 51.9 Å². The molecule has 0 aromatic carbocycles. The van der Waals surface area contributed by atoms with Crippen LogP contribution < -0.4 is 5.32 Å². The molecule has 1 N–H and O–H groups in total. The monoisotopic (exact) mass is 252 g/mol. The number of aryl methyl sites for hydroxylation is 1. The Morgan fingerprint density at radius 2 is 2.18 bits per heavy atom. The highest BCUT2D eigenvalue weighted by Crippen LogP contribution is 2.28. The van der Waals surface area contributed by atoms with Crippen LogP contribution in [0.4, 0.5) is 0 Å². The summed E-state index contributed by atoms with van der Waals surface area (Å²) < 4.78 is 0. The van der Waals surface area contributed by atoms with Crippen LogP contribution in [0, 0.1) is 12.8 Å². The number of hydrogen-bond donors (Lipinski definition) is 1. The Hall–Kier alpha value is -0.410. The van der Waals surface area contributed by atoms with Crippen molar-refractivity contribution in [1.82, 2.24) is 10.3 Å². The predicted octanol–water partition coefficient (Wildman–Crippen LogP) is 3.55. The van der Waals surface area contributed by atoms with Gasteiger partial charge in [0.15, 0.2) is 0 Å². The van der Waals surface area contributed by atoms with E-state index < -0.39 is 0 Å². The zero-order chi connectivity index (χ0) is 11.9. The fourth-order valence-corrected chi connectivity index (χ4v) is 3.49. The van der Waals surface area contributed by atoms with Crippen LogP contribution in [0.1, 0.15) is 49.1 Å². The first-order valence-electron chi connectivity index (χ1n) is 6.96. The lowest BCUT2D eigenvalue weighted by molar-refractivity contribution is 0.471. The Morgan fingerprint density at radius 1 is 1.35 bits per heavy atom. The number of rotatable bonds is 7. The molecule has 1 aromatic heterocycles. The van der Waals surface area contributed by atoms with Gasteiger partial charge in [0.05, 0.1) is 11.2 Å². The minimum absolute atomic E-state index is 1.04. The highest BCUT2D eigenvalue weighted by molar-refractivity contribution is 7.09. The van der Waals surface area contributed by atoms with Gasteiger partial charge < -0.3 is 5.32 Å². The standard InChI is InChI=1S/C14H24N2S/c1-12-14(17-11-16-12)8-10-15-9-4-7-13-5-2-3-6-13/h11,13,15H,2-10H2,1H3. The van der Waals surface area contributed by atoms with E-state index in [1.54, 1.807) is 11.3 Å². The number of aromatic nitrogens is 1. The van der Waals surface area contributed by atoms with Crippen molar-refractivity contribution in [3.05, 3.63) is 16.1 Å². The molecule has 0 radical (unpaired) electrons. The molecule has 0 aliphatic heterocycles. The largest absolute Gasteiger partial charge is 0.316 e. The molecule has 1 aromatic rings. The molecular formula is C14H24N2S. The quantitative estimate of drug-likeness (QED) is 0.751. The van der Waals surface area contributed by atoms with E-state index in [-0.39, 0.29) is 0 Å². The van der Waals surface area contributed by atoms with Gasteiger partial charge in [-0.3, -0.25) is 0 Å². The summed E-state index contributed by atoms with van der Waals surface area (Å²) in [6.45, 7) is 4.40. The van der Waals surface area contributed by atoms with Gasteiger partial charge in [0.1, 0.15) is 0 Å². The minimum Gasteiger partial charge on any atom is -0.316 e.